The van der Waals surface area contributed by atoms with E-state index in [1.165, 1.54) is 45.0 Å². The largest absolute Gasteiger partial charge is 0.357 e. The number of aliphatic imine (C=N–C) groups is 1. The molecule has 0 radical (unpaired) electrons. The van der Waals surface area contributed by atoms with Crippen LogP contribution in [0.5, 0.6) is 0 Å². The summed E-state index contributed by atoms with van der Waals surface area (Å²) in [7, 11) is -3.15. The Morgan fingerprint density at radius 2 is 1.74 bits per heavy atom. The highest BCUT2D eigenvalue weighted by Crippen LogP contribution is 2.11. The Kier molecular flexibility index (Phi) is 9.07. The number of rotatable bonds is 8. The molecule has 0 aromatic heterocycles. The monoisotopic (exact) mass is 394 g/mol. The van der Waals surface area contributed by atoms with Crippen molar-refractivity contribution in [3.05, 3.63) is 29.8 Å². The van der Waals surface area contributed by atoms with Gasteiger partial charge in [-0.05, 0) is 63.5 Å². The molecule has 0 saturated carbocycles. The summed E-state index contributed by atoms with van der Waals surface area (Å²) in [6.07, 6.45) is 7.73. The van der Waals surface area contributed by atoms with Gasteiger partial charge in [0, 0.05) is 19.3 Å². The molecular weight excluding hydrogens is 360 g/mol. The number of likely N-dealkylation sites (tertiary alicyclic amines) is 1. The smallest absolute Gasteiger partial charge is 0.191 e. The molecule has 27 heavy (non-hydrogen) atoms. The van der Waals surface area contributed by atoms with E-state index < -0.39 is 9.84 Å². The van der Waals surface area contributed by atoms with E-state index >= 15 is 0 Å². The molecule has 2 N–H and O–H groups in total. The zero-order valence-electron chi connectivity index (χ0n) is 16.7. The number of nitrogens with one attached hydrogen (secondary N) is 2. The summed E-state index contributed by atoms with van der Waals surface area (Å²) in [5.74, 6) is 0.806. The summed E-state index contributed by atoms with van der Waals surface area (Å²) in [6.45, 7) is 7.88. The zero-order chi connectivity index (χ0) is 19.5. The molecule has 1 aliphatic rings. The molecule has 152 valence electrons. The van der Waals surface area contributed by atoms with E-state index in [9.17, 15) is 8.42 Å². The van der Waals surface area contributed by atoms with E-state index in [2.05, 4.69) is 27.4 Å². The molecular formula is C20H34N4O2S. The van der Waals surface area contributed by atoms with Crippen LogP contribution in [0.4, 0.5) is 0 Å². The summed E-state index contributed by atoms with van der Waals surface area (Å²) in [4.78, 5) is 7.52. The van der Waals surface area contributed by atoms with Gasteiger partial charge in [-0.25, -0.2) is 13.4 Å². The molecule has 1 aromatic carbocycles. The van der Waals surface area contributed by atoms with Crippen LogP contribution in [-0.2, 0) is 16.4 Å². The van der Waals surface area contributed by atoms with Gasteiger partial charge in [0.15, 0.2) is 15.8 Å². The minimum Gasteiger partial charge on any atom is -0.357 e. The van der Waals surface area contributed by atoms with Crippen molar-refractivity contribution < 1.29 is 8.42 Å². The predicted octanol–water partition coefficient (Wildman–Crippen LogP) is 2.41. The van der Waals surface area contributed by atoms with Crippen molar-refractivity contribution in [2.75, 3.05) is 39.0 Å². The molecule has 1 heterocycles. The Balaban J connectivity index is 1.79. The average Bonchev–Trinajstić information content (AvgIpc) is 2.91. The first kappa shape index (κ1) is 21.7. The summed E-state index contributed by atoms with van der Waals surface area (Å²) in [6, 6.07) is 6.93. The van der Waals surface area contributed by atoms with E-state index in [4.69, 9.17) is 0 Å². The number of hydrogen-bond acceptors (Lipinski definition) is 4. The van der Waals surface area contributed by atoms with Gasteiger partial charge in [0.05, 0.1) is 11.4 Å². The van der Waals surface area contributed by atoms with E-state index in [1.807, 2.05) is 12.1 Å². The van der Waals surface area contributed by atoms with E-state index in [0.717, 1.165) is 37.6 Å². The lowest BCUT2D eigenvalue weighted by Gasteiger charge is -2.20. The van der Waals surface area contributed by atoms with Gasteiger partial charge in [-0.15, -0.1) is 0 Å². The molecule has 1 aliphatic heterocycles. The first-order chi connectivity index (χ1) is 13.0. The molecule has 1 saturated heterocycles. The van der Waals surface area contributed by atoms with E-state index in [1.54, 1.807) is 12.1 Å². The summed E-state index contributed by atoms with van der Waals surface area (Å²) in [5, 5.41) is 6.66. The molecule has 0 amide bonds. The lowest BCUT2D eigenvalue weighted by atomic mass is 10.2. The van der Waals surface area contributed by atoms with Crippen molar-refractivity contribution in [2.24, 2.45) is 4.99 Å². The molecule has 1 aromatic rings. The van der Waals surface area contributed by atoms with Gasteiger partial charge < -0.3 is 15.5 Å². The number of nitrogens with zero attached hydrogens (tertiary/aromatic N) is 2. The number of guanidine groups is 1. The van der Waals surface area contributed by atoms with Gasteiger partial charge in [-0.2, -0.15) is 0 Å². The highest BCUT2D eigenvalue weighted by Gasteiger charge is 2.08. The van der Waals surface area contributed by atoms with Crippen molar-refractivity contribution in [1.29, 1.82) is 0 Å². The molecule has 0 unspecified atom stereocenters. The SMILES string of the molecule is CCNC(=NCc1ccc(S(C)(=O)=O)cc1)NCCCN1CCCCCC1. The quantitative estimate of drug-likeness (QED) is 0.402. The predicted molar refractivity (Wildman–Crippen MR) is 112 cm³/mol. The third-order valence-electron chi connectivity index (χ3n) is 4.76. The van der Waals surface area contributed by atoms with E-state index in [0.29, 0.717) is 11.4 Å². The second kappa shape index (κ2) is 11.3. The van der Waals surface area contributed by atoms with Crippen molar-refractivity contribution >= 4 is 15.8 Å². The van der Waals surface area contributed by atoms with Crippen LogP contribution in [-0.4, -0.2) is 58.3 Å². The standard InChI is InChI=1S/C20H34N4O2S/c1-3-21-20(22-13-8-16-24-14-6-4-5-7-15-24)23-17-18-9-11-19(12-10-18)27(2,25)26/h9-12H,3-8,13-17H2,1-2H3,(H2,21,22,23). The first-order valence-electron chi connectivity index (χ1n) is 10.0. The molecule has 0 aliphatic carbocycles. The fourth-order valence-electron chi connectivity index (χ4n) is 3.22. The van der Waals surface area contributed by atoms with Gasteiger partial charge in [0.25, 0.3) is 0 Å². The molecule has 0 bridgehead atoms. The first-order valence-corrected chi connectivity index (χ1v) is 11.9. The maximum absolute atomic E-state index is 11.5. The summed E-state index contributed by atoms with van der Waals surface area (Å²) < 4.78 is 23.0. The summed E-state index contributed by atoms with van der Waals surface area (Å²) >= 11 is 0. The van der Waals surface area contributed by atoms with Gasteiger partial charge in [0.1, 0.15) is 0 Å². The molecule has 7 heteroatoms. The fraction of sp³-hybridized carbons (Fsp3) is 0.650. The number of sulfone groups is 1. The lowest BCUT2D eigenvalue weighted by Crippen LogP contribution is -2.39. The maximum Gasteiger partial charge on any atom is 0.191 e. The normalized spacial score (nSPS) is 16.7. The maximum atomic E-state index is 11.5. The number of benzene rings is 1. The molecule has 0 atom stereocenters. The second-order valence-corrected chi connectivity index (χ2v) is 9.16. The Morgan fingerprint density at radius 3 is 2.33 bits per heavy atom. The van der Waals surface area contributed by atoms with Crippen LogP contribution < -0.4 is 10.6 Å². The topological polar surface area (TPSA) is 73.8 Å². The molecule has 2 rings (SSSR count). The fourth-order valence-corrected chi connectivity index (χ4v) is 3.85. The Morgan fingerprint density at radius 1 is 1.07 bits per heavy atom. The van der Waals surface area contributed by atoms with Gasteiger partial charge >= 0.3 is 0 Å². The Hall–Kier alpha value is -1.60. The van der Waals surface area contributed by atoms with Crippen LogP contribution in [0.2, 0.25) is 0 Å². The molecule has 6 nitrogen and oxygen atoms in total. The second-order valence-electron chi connectivity index (χ2n) is 7.15. The van der Waals surface area contributed by atoms with Gasteiger partial charge in [-0.1, -0.05) is 25.0 Å². The van der Waals surface area contributed by atoms with Crippen molar-refractivity contribution in [3.63, 3.8) is 0 Å². The highest BCUT2D eigenvalue weighted by atomic mass is 32.2. The van der Waals surface area contributed by atoms with Gasteiger partial charge in [0.2, 0.25) is 0 Å². The number of hydrogen-bond donors (Lipinski definition) is 2. The van der Waals surface area contributed by atoms with Crippen LogP contribution >= 0.6 is 0 Å². The molecule has 0 spiro atoms. The minimum absolute atomic E-state index is 0.341. The Labute approximate surface area is 164 Å². The van der Waals surface area contributed by atoms with Crippen LogP contribution in [0.1, 0.15) is 44.6 Å². The van der Waals surface area contributed by atoms with Crippen LogP contribution in [0, 0.1) is 0 Å². The highest BCUT2D eigenvalue weighted by molar-refractivity contribution is 7.90. The molecule has 1 fully saturated rings. The van der Waals surface area contributed by atoms with Crippen LogP contribution in [0.3, 0.4) is 0 Å². The van der Waals surface area contributed by atoms with Crippen LogP contribution in [0.15, 0.2) is 34.2 Å². The third-order valence-corrected chi connectivity index (χ3v) is 5.89. The van der Waals surface area contributed by atoms with E-state index in [-0.39, 0.29) is 0 Å². The Bertz CT molecular complexity index is 678. The zero-order valence-corrected chi connectivity index (χ0v) is 17.5. The average molecular weight is 395 g/mol. The van der Waals surface area contributed by atoms with Crippen molar-refractivity contribution in [3.8, 4) is 0 Å². The summed E-state index contributed by atoms with van der Waals surface area (Å²) in [5.41, 5.74) is 0.990. The minimum atomic E-state index is -3.15. The van der Waals surface area contributed by atoms with Gasteiger partial charge in [-0.3, -0.25) is 0 Å². The third kappa shape index (κ3) is 8.30. The van der Waals surface area contributed by atoms with Crippen molar-refractivity contribution in [2.45, 2.75) is 50.5 Å². The lowest BCUT2D eigenvalue weighted by molar-refractivity contribution is 0.282. The van der Waals surface area contributed by atoms with Crippen LogP contribution in [0.25, 0.3) is 0 Å². The van der Waals surface area contributed by atoms with Crippen molar-refractivity contribution in [1.82, 2.24) is 15.5 Å².